The summed E-state index contributed by atoms with van der Waals surface area (Å²) in [6.45, 7) is 3.26. The van der Waals surface area contributed by atoms with Crippen molar-refractivity contribution in [2.75, 3.05) is 26.4 Å². The van der Waals surface area contributed by atoms with Gasteiger partial charge in [-0.3, -0.25) is 0 Å². The SMILES string of the molecule is C1COC2(O1)[C@H]1C3C4C5C3[C@H]3C1C([C@H]42)[C@H]5C31OCCO1. The first-order valence-corrected chi connectivity index (χ1v) is 8.46. The van der Waals surface area contributed by atoms with Crippen molar-refractivity contribution >= 4 is 0 Å². The van der Waals surface area contributed by atoms with Gasteiger partial charge in [0, 0.05) is 23.7 Å². The molecule has 9 aliphatic rings. The Hall–Kier alpha value is -0.160. The van der Waals surface area contributed by atoms with Gasteiger partial charge in [0.2, 0.25) is 0 Å². The van der Waals surface area contributed by atoms with E-state index in [1.165, 1.54) is 0 Å². The highest BCUT2D eigenvalue weighted by Crippen LogP contribution is 2.95. The molecule has 4 heteroatoms. The first kappa shape index (κ1) is 9.78. The average Bonchev–Trinajstić information content (AvgIpc) is 3.21. The molecule has 9 rings (SSSR count). The minimum atomic E-state index is -0.165. The van der Waals surface area contributed by atoms with Crippen LogP contribution in [0.15, 0.2) is 0 Å². The van der Waals surface area contributed by atoms with Crippen LogP contribution in [0.1, 0.15) is 0 Å². The molecular formula is C16H18O4. The van der Waals surface area contributed by atoms with Crippen LogP contribution in [0.4, 0.5) is 0 Å². The van der Waals surface area contributed by atoms with E-state index in [-0.39, 0.29) is 11.6 Å². The Balaban J connectivity index is 1.41. The fourth-order valence-electron chi connectivity index (χ4n) is 9.48. The molecule has 4 nitrogen and oxygen atoms in total. The molecule has 7 aliphatic carbocycles. The van der Waals surface area contributed by atoms with Gasteiger partial charge < -0.3 is 18.9 Å². The van der Waals surface area contributed by atoms with E-state index in [4.69, 9.17) is 18.9 Å². The molecule has 0 aromatic heterocycles. The van der Waals surface area contributed by atoms with Crippen molar-refractivity contribution in [1.29, 1.82) is 0 Å². The Bertz CT molecular complexity index is 469. The fourth-order valence-corrected chi connectivity index (χ4v) is 9.48. The Kier molecular flexibility index (Phi) is 1.18. The third-order valence-electron chi connectivity index (χ3n) is 8.88. The number of hydrogen-bond acceptors (Lipinski definition) is 4. The maximum absolute atomic E-state index is 6.28. The van der Waals surface area contributed by atoms with E-state index in [2.05, 4.69) is 0 Å². The molecule has 0 unspecified atom stereocenters. The van der Waals surface area contributed by atoms with Crippen molar-refractivity contribution < 1.29 is 18.9 Å². The number of hydrogen-bond donors (Lipinski definition) is 0. The van der Waals surface area contributed by atoms with Gasteiger partial charge in [-0.15, -0.1) is 0 Å². The van der Waals surface area contributed by atoms with E-state index < -0.39 is 0 Å². The lowest BCUT2D eigenvalue weighted by molar-refractivity contribution is -0.220. The third-order valence-corrected chi connectivity index (χ3v) is 8.88. The second-order valence-corrected chi connectivity index (χ2v) is 8.40. The molecule has 106 valence electrons. The van der Waals surface area contributed by atoms with Crippen LogP contribution in [-0.4, -0.2) is 38.0 Å². The Labute approximate surface area is 117 Å². The highest BCUT2D eigenvalue weighted by Gasteiger charge is 2.99. The molecule has 4 bridgehead atoms. The highest BCUT2D eigenvalue weighted by atomic mass is 16.7. The zero-order valence-electron chi connectivity index (χ0n) is 11.2. The maximum atomic E-state index is 6.28. The summed E-state index contributed by atoms with van der Waals surface area (Å²) in [4.78, 5) is 0. The van der Waals surface area contributed by atoms with E-state index in [1.807, 2.05) is 0 Å². The van der Waals surface area contributed by atoms with Crippen molar-refractivity contribution in [2.45, 2.75) is 11.6 Å². The van der Waals surface area contributed by atoms with Crippen LogP contribution in [0.25, 0.3) is 0 Å². The van der Waals surface area contributed by atoms with Crippen molar-refractivity contribution in [1.82, 2.24) is 0 Å². The lowest BCUT2D eigenvalue weighted by Gasteiger charge is -2.43. The van der Waals surface area contributed by atoms with Gasteiger partial charge in [0.25, 0.3) is 0 Å². The summed E-state index contributed by atoms with van der Waals surface area (Å²) in [5.41, 5.74) is 0. The zero-order valence-corrected chi connectivity index (χ0v) is 11.2. The minimum absolute atomic E-state index is 0.165. The largest absolute Gasteiger partial charge is 0.347 e. The van der Waals surface area contributed by atoms with Gasteiger partial charge in [-0.05, 0) is 35.5 Å². The smallest absolute Gasteiger partial charge is 0.175 e. The molecule has 2 saturated heterocycles. The zero-order chi connectivity index (χ0) is 12.4. The Morgan fingerprint density at radius 3 is 1.05 bits per heavy atom. The first-order valence-electron chi connectivity index (χ1n) is 8.46. The van der Waals surface area contributed by atoms with Crippen LogP contribution in [0.3, 0.4) is 0 Å². The summed E-state index contributed by atoms with van der Waals surface area (Å²) in [5.74, 6) is 7.46. The second kappa shape index (κ2) is 2.41. The molecule has 2 aliphatic heterocycles. The van der Waals surface area contributed by atoms with E-state index in [1.54, 1.807) is 0 Å². The molecule has 0 amide bonds. The van der Waals surface area contributed by atoms with E-state index >= 15 is 0 Å². The summed E-state index contributed by atoms with van der Waals surface area (Å²) in [6.07, 6.45) is 0. The molecule has 0 aromatic carbocycles. The van der Waals surface area contributed by atoms with Crippen LogP contribution in [0.2, 0.25) is 0 Å². The summed E-state index contributed by atoms with van der Waals surface area (Å²) in [5, 5.41) is 0. The topological polar surface area (TPSA) is 36.9 Å². The van der Waals surface area contributed by atoms with Gasteiger partial charge in [-0.25, -0.2) is 0 Å². The molecular weight excluding hydrogens is 256 g/mol. The van der Waals surface area contributed by atoms with Gasteiger partial charge in [0.1, 0.15) is 0 Å². The molecule has 20 heavy (non-hydrogen) atoms. The Morgan fingerprint density at radius 1 is 0.450 bits per heavy atom. The quantitative estimate of drug-likeness (QED) is 0.652. The standard InChI is InChI=1S/C16H18O4/c1-2-18-15(17-1)11-5-6-8-7(5)13-9(11)10(12(6)15)14(8)16(13)19-3-4-20-16/h5-14H,1-4H2/t5?,6?,7?,8?,9?,10?,11-,12-,13-,14-/m0/s1. The lowest BCUT2D eigenvalue weighted by atomic mass is 9.60. The van der Waals surface area contributed by atoms with Gasteiger partial charge in [-0.2, -0.15) is 0 Å². The molecule has 0 radical (unpaired) electrons. The van der Waals surface area contributed by atoms with Crippen LogP contribution in [0, 0.1) is 59.2 Å². The molecule has 2 spiro atoms. The van der Waals surface area contributed by atoms with Crippen LogP contribution in [0.5, 0.6) is 0 Å². The number of rotatable bonds is 0. The summed E-state index contributed by atoms with van der Waals surface area (Å²) in [7, 11) is 0. The predicted molar refractivity (Wildman–Crippen MR) is 64.2 cm³/mol. The van der Waals surface area contributed by atoms with Crippen molar-refractivity contribution in [2.24, 2.45) is 59.2 Å². The molecule has 0 aromatic rings. The van der Waals surface area contributed by atoms with Crippen molar-refractivity contribution in [3.8, 4) is 0 Å². The lowest BCUT2D eigenvalue weighted by Crippen LogP contribution is -2.42. The molecule has 7 saturated carbocycles. The summed E-state index contributed by atoms with van der Waals surface area (Å²) in [6, 6.07) is 0. The minimum Gasteiger partial charge on any atom is -0.347 e. The monoisotopic (exact) mass is 274 g/mol. The average molecular weight is 274 g/mol. The molecule has 4 atom stereocenters. The molecule has 0 N–H and O–H groups in total. The van der Waals surface area contributed by atoms with Crippen molar-refractivity contribution in [3.05, 3.63) is 0 Å². The van der Waals surface area contributed by atoms with Gasteiger partial charge in [-0.1, -0.05) is 0 Å². The van der Waals surface area contributed by atoms with E-state index in [9.17, 15) is 0 Å². The number of ether oxygens (including phenoxy) is 4. The molecule has 2 heterocycles. The van der Waals surface area contributed by atoms with Crippen LogP contribution < -0.4 is 0 Å². The van der Waals surface area contributed by atoms with Crippen LogP contribution in [-0.2, 0) is 18.9 Å². The predicted octanol–water partition coefficient (Wildman–Crippen LogP) is 0.716. The van der Waals surface area contributed by atoms with Gasteiger partial charge in [0.15, 0.2) is 11.6 Å². The van der Waals surface area contributed by atoms with Crippen molar-refractivity contribution in [3.63, 3.8) is 0 Å². The molecule has 9 fully saturated rings. The Morgan fingerprint density at radius 2 is 0.750 bits per heavy atom. The van der Waals surface area contributed by atoms with Gasteiger partial charge >= 0.3 is 0 Å². The van der Waals surface area contributed by atoms with E-state index in [0.717, 1.165) is 61.9 Å². The summed E-state index contributed by atoms with van der Waals surface area (Å²) < 4.78 is 25.1. The van der Waals surface area contributed by atoms with Crippen LogP contribution >= 0.6 is 0 Å². The first-order chi connectivity index (χ1) is 9.90. The van der Waals surface area contributed by atoms with E-state index in [0.29, 0.717) is 23.7 Å². The fraction of sp³-hybridized carbons (Fsp3) is 1.00. The third kappa shape index (κ3) is 0.575. The highest BCUT2D eigenvalue weighted by molar-refractivity contribution is 5.42. The maximum Gasteiger partial charge on any atom is 0.175 e. The normalized spacial score (nSPS) is 73.2. The second-order valence-electron chi connectivity index (χ2n) is 8.40. The summed E-state index contributed by atoms with van der Waals surface area (Å²) >= 11 is 0. The van der Waals surface area contributed by atoms with Gasteiger partial charge in [0.05, 0.1) is 26.4 Å².